The van der Waals surface area contributed by atoms with Crippen molar-refractivity contribution in [3.63, 3.8) is 0 Å². The van der Waals surface area contributed by atoms with Crippen LogP contribution >= 0.6 is 23.8 Å². The van der Waals surface area contributed by atoms with Crippen molar-refractivity contribution in [1.82, 2.24) is 5.43 Å². The van der Waals surface area contributed by atoms with E-state index in [2.05, 4.69) is 27.5 Å². The molecule has 0 spiro atoms. The van der Waals surface area contributed by atoms with Crippen molar-refractivity contribution in [1.29, 1.82) is 0 Å². The van der Waals surface area contributed by atoms with Crippen molar-refractivity contribution >= 4 is 41.1 Å². The van der Waals surface area contributed by atoms with Gasteiger partial charge in [-0.15, -0.1) is 0 Å². The first kappa shape index (κ1) is 16.0. The van der Waals surface area contributed by atoms with Crippen LogP contribution < -0.4 is 11.2 Å². The fraction of sp³-hybridized carbons (Fsp3) is 0.0714. The summed E-state index contributed by atoms with van der Waals surface area (Å²) in [5.41, 5.74) is 8.62. The fourth-order valence-electron chi connectivity index (χ4n) is 1.68. The number of methoxy groups -OCH3 is 1. The molecule has 0 aliphatic rings. The lowest BCUT2D eigenvalue weighted by molar-refractivity contribution is 0.0601. The van der Waals surface area contributed by atoms with Crippen molar-refractivity contribution in [3.8, 4) is 11.3 Å². The molecule has 1 aromatic carbocycles. The molecule has 3 N–H and O–H groups in total. The molecule has 2 rings (SSSR count). The Morgan fingerprint density at radius 3 is 2.91 bits per heavy atom. The molecule has 0 aliphatic heterocycles. The Morgan fingerprint density at radius 1 is 1.45 bits per heavy atom. The molecular weight excluding hydrogens is 326 g/mol. The molecule has 0 bridgehead atoms. The van der Waals surface area contributed by atoms with Gasteiger partial charge < -0.3 is 14.9 Å². The monoisotopic (exact) mass is 337 g/mol. The number of benzene rings is 1. The Kier molecular flexibility index (Phi) is 5.13. The maximum atomic E-state index is 11.6. The number of carbonyl (C=O) groups is 1. The molecule has 1 heterocycles. The first-order chi connectivity index (χ1) is 10.5. The molecular formula is C14H12ClN3O3S. The molecule has 0 saturated carbocycles. The molecule has 22 heavy (non-hydrogen) atoms. The average molecular weight is 338 g/mol. The van der Waals surface area contributed by atoms with Crippen LogP contribution in [0.15, 0.2) is 39.9 Å². The number of thiocarbonyl (C=S) groups is 1. The molecule has 114 valence electrons. The van der Waals surface area contributed by atoms with Crippen LogP contribution in [0.1, 0.15) is 16.1 Å². The molecule has 0 fully saturated rings. The van der Waals surface area contributed by atoms with Gasteiger partial charge in [0.1, 0.15) is 11.5 Å². The van der Waals surface area contributed by atoms with E-state index in [1.807, 2.05) is 0 Å². The van der Waals surface area contributed by atoms with Crippen LogP contribution in [0.2, 0.25) is 5.02 Å². The smallest absolute Gasteiger partial charge is 0.339 e. The lowest BCUT2D eigenvalue weighted by Crippen LogP contribution is -2.23. The van der Waals surface area contributed by atoms with Gasteiger partial charge in [-0.25, -0.2) is 4.79 Å². The number of esters is 1. The standard InChI is InChI=1S/C14H12ClN3O3S/c1-20-13(19)10-6-8(2-4-11(10)15)12-5-3-9(21-12)7-17-18-14(16)22/h2-7H,1H3,(H3,16,18,22). The Hall–Kier alpha value is -2.38. The molecule has 0 atom stereocenters. The third-order valence-electron chi connectivity index (χ3n) is 2.65. The number of hydrogen-bond donors (Lipinski definition) is 2. The maximum absolute atomic E-state index is 11.6. The summed E-state index contributed by atoms with van der Waals surface area (Å²) in [6.07, 6.45) is 1.43. The highest BCUT2D eigenvalue weighted by atomic mass is 35.5. The van der Waals surface area contributed by atoms with Gasteiger partial charge in [0.2, 0.25) is 0 Å². The second kappa shape index (κ2) is 7.06. The number of nitrogens with two attached hydrogens (primary N) is 1. The van der Waals surface area contributed by atoms with E-state index in [-0.39, 0.29) is 10.7 Å². The summed E-state index contributed by atoms with van der Waals surface area (Å²) in [5, 5.41) is 4.16. The van der Waals surface area contributed by atoms with Crippen molar-refractivity contribution < 1.29 is 13.9 Å². The van der Waals surface area contributed by atoms with Gasteiger partial charge in [-0.2, -0.15) is 5.10 Å². The van der Waals surface area contributed by atoms with Crippen LogP contribution in [0.3, 0.4) is 0 Å². The van der Waals surface area contributed by atoms with Gasteiger partial charge in [-0.1, -0.05) is 11.6 Å². The van der Waals surface area contributed by atoms with Gasteiger partial charge in [-0.05, 0) is 42.5 Å². The Morgan fingerprint density at radius 2 is 2.23 bits per heavy atom. The van der Waals surface area contributed by atoms with Gasteiger partial charge in [0.05, 0.1) is 23.9 Å². The molecule has 0 amide bonds. The highest BCUT2D eigenvalue weighted by molar-refractivity contribution is 7.80. The zero-order chi connectivity index (χ0) is 16.1. The van der Waals surface area contributed by atoms with E-state index in [4.69, 9.17) is 21.8 Å². The normalized spacial score (nSPS) is 10.6. The number of nitrogens with one attached hydrogen (secondary N) is 1. The van der Waals surface area contributed by atoms with Gasteiger partial charge in [0.15, 0.2) is 5.11 Å². The zero-order valence-corrected chi connectivity index (χ0v) is 13.1. The van der Waals surface area contributed by atoms with E-state index in [1.54, 1.807) is 30.3 Å². The topological polar surface area (TPSA) is 89.8 Å². The quantitative estimate of drug-likeness (QED) is 0.386. The number of nitrogens with zero attached hydrogens (tertiary/aromatic N) is 1. The third kappa shape index (κ3) is 3.84. The van der Waals surface area contributed by atoms with E-state index in [9.17, 15) is 4.79 Å². The van der Waals surface area contributed by atoms with E-state index >= 15 is 0 Å². The number of furan rings is 1. The molecule has 2 aromatic rings. The predicted molar refractivity (Wildman–Crippen MR) is 88.0 cm³/mol. The van der Waals surface area contributed by atoms with Gasteiger partial charge >= 0.3 is 5.97 Å². The van der Waals surface area contributed by atoms with Crippen molar-refractivity contribution in [2.24, 2.45) is 10.8 Å². The predicted octanol–water partition coefficient (Wildman–Crippen LogP) is 2.55. The molecule has 6 nitrogen and oxygen atoms in total. The maximum Gasteiger partial charge on any atom is 0.339 e. The molecule has 8 heteroatoms. The SMILES string of the molecule is COC(=O)c1cc(-c2ccc(C=NNC(N)=S)o2)ccc1Cl. The van der Waals surface area contributed by atoms with Crippen LogP contribution in [0.25, 0.3) is 11.3 Å². The van der Waals surface area contributed by atoms with E-state index < -0.39 is 5.97 Å². The van der Waals surface area contributed by atoms with Gasteiger partial charge in [0, 0.05) is 5.56 Å². The second-order valence-electron chi connectivity index (χ2n) is 4.12. The molecule has 0 unspecified atom stereocenters. The van der Waals surface area contributed by atoms with E-state index in [1.165, 1.54) is 13.3 Å². The minimum atomic E-state index is -0.513. The lowest BCUT2D eigenvalue weighted by atomic mass is 10.1. The van der Waals surface area contributed by atoms with Crippen LogP contribution in [0.5, 0.6) is 0 Å². The van der Waals surface area contributed by atoms with E-state index in [0.29, 0.717) is 22.1 Å². The summed E-state index contributed by atoms with van der Waals surface area (Å²) in [4.78, 5) is 11.6. The summed E-state index contributed by atoms with van der Waals surface area (Å²) >= 11 is 10.6. The highest BCUT2D eigenvalue weighted by Gasteiger charge is 2.13. The summed E-state index contributed by atoms with van der Waals surface area (Å²) in [6.45, 7) is 0. The zero-order valence-electron chi connectivity index (χ0n) is 11.5. The second-order valence-corrected chi connectivity index (χ2v) is 4.97. The van der Waals surface area contributed by atoms with Gasteiger partial charge in [-0.3, -0.25) is 5.43 Å². The number of rotatable bonds is 4. The Labute approximate surface area is 136 Å². The number of hydrogen-bond acceptors (Lipinski definition) is 5. The van der Waals surface area contributed by atoms with Crippen molar-refractivity contribution in [2.75, 3.05) is 7.11 Å². The largest absolute Gasteiger partial charge is 0.465 e. The van der Waals surface area contributed by atoms with E-state index in [0.717, 1.165) is 0 Å². The molecule has 0 aliphatic carbocycles. The minimum absolute atomic E-state index is 0.0588. The van der Waals surface area contributed by atoms with Crippen LogP contribution in [0, 0.1) is 0 Å². The van der Waals surface area contributed by atoms with Crippen molar-refractivity contribution in [3.05, 3.63) is 46.7 Å². The lowest BCUT2D eigenvalue weighted by Gasteiger charge is -2.04. The first-order valence-electron chi connectivity index (χ1n) is 6.08. The summed E-state index contributed by atoms with van der Waals surface area (Å²) in [5.74, 6) is 0.535. The Balaban J connectivity index is 2.26. The average Bonchev–Trinajstić information content (AvgIpc) is 2.95. The first-order valence-corrected chi connectivity index (χ1v) is 6.86. The molecule has 0 radical (unpaired) electrons. The van der Waals surface area contributed by atoms with Gasteiger partial charge in [0.25, 0.3) is 0 Å². The third-order valence-corrected chi connectivity index (χ3v) is 3.07. The summed E-state index contributed by atoms with van der Waals surface area (Å²) < 4.78 is 10.3. The van der Waals surface area contributed by atoms with Crippen molar-refractivity contribution in [2.45, 2.75) is 0 Å². The van der Waals surface area contributed by atoms with Crippen LogP contribution in [0.4, 0.5) is 0 Å². The number of halogens is 1. The number of hydrazone groups is 1. The fourth-order valence-corrected chi connectivity index (χ4v) is 1.93. The molecule has 1 aromatic heterocycles. The summed E-state index contributed by atoms with van der Waals surface area (Å²) in [6, 6.07) is 8.40. The molecule has 0 saturated heterocycles. The minimum Gasteiger partial charge on any atom is -0.465 e. The Bertz CT molecular complexity index is 743. The van der Waals surface area contributed by atoms with Crippen LogP contribution in [-0.2, 0) is 4.74 Å². The highest BCUT2D eigenvalue weighted by Crippen LogP contribution is 2.27. The van der Waals surface area contributed by atoms with Crippen LogP contribution in [-0.4, -0.2) is 24.4 Å². The number of carbonyl (C=O) groups excluding carboxylic acids is 1. The number of ether oxygens (including phenoxy) is 1. The summed E-state index contributed by atoms with van der Waals surface area (Å²) in [7, 11) is 1.29.